The average molecular weight is 371 g/mol. The Balaban J connectivity index is 1.35. The Kier molecular flexibility index (Phi) is 4.59. The summed E-state index contributed by atoms with van der Waals surface area (Å²) < 4.78 is 18.2. The molecule has 2 amide bonds. The molecular weight excluding hydrogens is 353 g/mol. The lowest BCUT2D eigenvalue weighted by atomic mass is 10.0. The van der Waals surface area contributed by atoms with E-state index in [4.69, 9.17) is 4.42 Å². The van der Waals surface area contributed by atoms with E-state index in [1.165, 1.54) is 24.7 Å². The molecule has 0 saturated carbocycles. The van der Waals surface area contributed by atoms with Crippen LogP contribution in [0.3, 0.4) is 0 Å². The molecule has 2 aromatic rings. The monoisotopic (exact) mass is 371 g/mol. The van der Waals surface area contributed by atoms with Crippen LogP contribution in [0.4, 0.5) is 4.39 Å². The molecule has 9 heteroatoms. The molecule has 2 aliphatic rings. The molecule has 4 rings (SSSR count). The van der Waals surface area contributed by atoms with Gasteiger partial charge in [-0.1, -0.05) is 12.1 Å². The summed E-state index contributed by atoms with van der Waals surface area (Å²) in [4.78, 5) is 24.8. The first kappa shape index (κ1) is 17.2. The molecule has 2 aliphatic heterocycles. The molecule has 1 aromatic heterocycles. The van der Waals surface area contributed by atoms with Crippen molar-refractivity contribution in [3.05, 3.63) is 59.8 Å². The number of hydrazone groups is 1. The molecule has 3 heterocycles. The van der Waals surface area contributed by atoms with Gasteiger partial charge >= 0.3 is 0 Å². The van der Waals surface area contributed by atoms with Crippen LogP contribution in [0.15, 0.2) is 52.2 Å². The van der Waals surface area contributed by atoms with Gasteiger partial charge in [0.2, 0.25) is 5.91 Å². The Morgan fingerprint density at radius 1 is 1.33 bits per heavy atom. The smallest absolute Gasteiger partial charge is 0.267 e. The van der Waals surface area contributed by atoms with Crippen molar-refractivity contribution in [2.24, 2.45) is 5.10 Å². The number of hydrazine groups is 1. The molecule has 0 radical (unpaired) electrons. The fraction of sp³-hybridized carbons (Fsp3) is 0.278. The lowest BCUT2D eigenvalue weighted by Crippen LogP contribution is -2.52. The van der Waals surface area contributed by atoms with E-state index in [9.17, 15) is 14.0 Å². The minimum absolute atomic E-state index is 0.126. The highest BCUT2D eigenvalue weighted by Gasteiger charge is 2.41. The highest BCUT2D eigenvalue weighted by atomic mass is 19.1. The second-order valence-corrected chi connectivity index (χ2v) is 6.37. The fourth-order valence-corrected chi connectivity index (χ4v) is 3.16. The molecule has 2 N–H and O–H groups in total. The largest absolute Gasteiger partial charge is 0.467 e. The first-order chi connectivity index (χ1) is 13.1. The number of carbonyl (C=O) groups excluding carboxylic acids is 2. The van der Waals surface area contributed by atoms with E-state index < -0.39 is 6.04 Å². The van der Waals surface area contributed by atoms with Crippen LogP contribution >= 0.6 is 0 Å². The van der Waals surface area contributed by atoms with Gasteiger partial charge < -0.3 is 9.73 Å². The van der Waals surface area contributed by atoms with Gasteiger partial charge in [0.25, 0.3) is 5.91 Å². The molecule has 1 fully saturated rings. The zero-order valence-electron chi connectivity index (χ0n) is 14.3. The number of amides is 2. The van der Waals surface area contributed by atoms with Crippen LogP contribution in [0.2, 0.25) is 0 Å². The van der Waals surface area contributed by atoms with E-state index in [2.05, 4.69) is 15.8 Å². The van der Waals surface area contributed by atoms with Gasteiger partial charge in [-0.15, -0.1) is 0 Å². The van der Waals surface area contributed by atoms with Crippen molar-refractivity contribution in [2.45, 2.75) is 25.0 Å². The number of rotatable bonds is 5. The van der Waals surface area contributed by atoms with Crippen LogP contribution in [0.25, 0.3) is 0 Å². The molecule has 1 aromatic carbocycles. The summed E-state index contributed by atoms with van der Waals surface area (Å²) in [7, 11) is 0. The highest BCUT2D eigenvalue weighted by molar-refractivity contribution is 5.90. The van der Waals surface area contributed by atoms with Crippen molar-refractivity contribution < 1.29 is 18.4 Å². The van der Waals surface area contributed by atoms with Crippen LogP contribution in [-0.4, -0.2) is 40.8 Å². The summed E-state index contributed by atoms with van der Waals surface area (Å²) >= 11 is 0. The maximum atomic E-state index is 13.1. The van der Waals surface area contributed by atoms with Crippen molar-refractivity contribution in [3.8, 4) is 0 Å². The quantitative estimate of drug-likeness (QED) is 0.823. The van der Waals surface area contributed by atoms with Gasteiger partial charge in [-0.3, -0.25) is 14.6 Å². The van der Waals surface area contributed by atoms with Gasteiger partial charge in [0.15, 0.2) is 0 Å². The molecule has 0 spiro atoms. The van der Waals surface area contributed by atoms with Crippen LogP contribution < -0.4 is 10.7 Å². The van der Waals surface area contributed by atoms with Gasteiger partial charge in [0.05, 0.1) is 18.8 Å². The van der Waals surface area contributed by atoms with Crippen molar-refractivity contribution >= 4 is 18.2 Å². The third-order valence-corrected chi connectivity index (χ3v) is 4.56. The lowest BCUT2D eigenvalue weighted by Gasteiger charge is -2.29. The molecule has 1 saturated heterocycles. The number of nitrogens with one attached hydrogen (secondary N) is 2. The molecular formula is C18H18FN5O3. The summed E-state index contributed by atoms with van der Waals surface area (Å²) in [5.41, 5.74) is 4.06. The van der Waals surface area contributed by atoms with Gasteiger partial charge in [0, 0.05) is 0 Å². The zero-order valence-corrected chi connectivity index (χ0v) is 14.3. The van der Waals surface area contributed by atoms with E-state index in [-0.39, 0.29) is 36.8 Å². The summed E-state index contributed by atoms with van der Waals surface area (Å²) in [6.07, 6.45) is 3.52. The van der Waals surface area contributed by atoms with Crippen LogP contribution in [0.1, 0.15) is 23.8 Å². The van der Waals surface area contributed by atoms with E-state index in [0.29, 0.717) is 12.2 Å². The molecule has 0 aliphatic carbocycles. The third-order valence-electron chi connectivity index (χ3n) is 4.56. The van der Waals surface area contributed by atoms with E-state index in [1.807, 2.05) is 0 Å². The molecule has 140 valence electrons. The van der Waals surface area contributed by atoms with Crippen LogP contribution in [-0.2, 0) is 16.1 Å². The van der Waals surface area contributed by atoms with Crippen LogP contribution in [0, 0.1) is 5.82 Å². The third kappa shape index (κ3) is 3.68. The topological polar surface area (TPSA) is 90.2 Å². The fourth-order valence-electron chi connectivity index (χ4n) is 3.16. The van der Waals surface area contributed by atoms with E-state index >= 15 is 0 Å². The molecule has 2 atom stereocenters. The van der Waals surface area contributed by atoms with Gasteiger partial charge in [-0.2, -0.15) is 5.10 Å². The number of fused-ring (bicyclic) bond motifs is 1. The second kappa shape index (κ2) is 7.20. The van der Waals surface area contributed by atoms with Crippen molar-refractivity contribution in [2.75, 3.05) is 6.54 Å². The Morgan fingerprint density at radius 3 is 2.89 bits per heavy atom. The van der Waals surface area contributed by atoms with Crippen LogP contribution in [0.5, 0.6) is 0 Å². The second-order valence-electron chi connectivity index (χ2n) is 6.37. The predicted octanol–water partition coefficient (Wildman–Crippen LogP) is 1.14. The van der Waals surface area contributed by atoms with Crippen molar-refractivity contribution in [1.29, 1.82) is 0 Å². The maximum absolute atomic E-state index is 13.1. The maximum Gasteiger partial charge on any atom is 0.267 e. The highest BCUT2D eigenvalue weighted by Crippen LogP contribution is 2.29. The van der Waals surface area contributed by atoms with Gasteiger partial charge in [-0.25, -0.2) is 14.8 Å². The van der Waals surface area contributed by atoms with Crippen molar-refractivity contribution in [3.63, 3.8) is 0 Å². The summed E-state index contributed by atoms with van der Waals surface area (Å²) in [5.74, 6) is -0.266. The molecule has 0 bridgehead atoms. The summed E-state index contributed by atoms with van der Waals surface area (Å²) in [6, 6.07) is 9.05. The molecule has 8 nitrogen and oxygen atoms in total. The zero-order chi connectivity index (χ0) is 18.8. The number of nitrogens with zero attached hydrogens (tertiary/aromatic N) is 3. The SMILES string of the molecule is O=C(CN1N=CN2NC(c3ccc(F)cc3)CC2C1=O)NCc1ccco1. The lowest BCUT2D eigenvalue weighted by molar-refractivity contribution is -0.140. The Bertz CT molecular complexity index is 852. The summed E-state index contributed by atoms with van der Waals surface area (Å²) in [6.45, 7) is 0.0862. The minimum Gasteiger partial charge on any atom is -0.467 e. The van der Waals surface area contributed by atoms with Gasteiger partial charge in [-0.05, 0) is 36.2 Å². The Hall–Kier alpha value is -3.20. The Morgan fingerprint density at radius 2 is 2.15 bits per heavy atom. The van der Waals surface area contributed by atoms with E-state index in [1.54, 1.807) is 29.3 Å². The van der Waals surface area contributed by atoms with Gasteiger partial charge in [0.1, 0.15) is 30.5 Å². The standard InChI is InChI=1S/C18H18FN5O3/c19-13-5-3-12(4-6-13)15-8-16-18(26)23(21-11-24(16)22-15)10-17(25)20-9-14-2-1-7-27-14/h1-7,11,15-16,22H,8-10H2,(H,20,25). The number of carbonyl (C=O) groups is 2. The normalized spacial score (nSPS) is 21.4. The first-order valence-corrected chi connectivity index (χ1v) is 8.54. The Labute approximate surface area is 154 Å². The number of hydrogen-bond donors (Lipinski definition) is 2. The minimum atomic E-state index is -0.463. The number of halogens is 1. The number of benzene rings is 1. The molecule has 2 unspecified atom stereocenters. The first-order valence-electron chi connectivity index (χ1n) is 8.54. The average Bonchev–Trinajstić information content (AvgIpc) is 3.33. The number of hydrogen-bond acceptors (Lipinski definition) is 6. The molecule has 27 heavy (non-hydrogen) atoms. The summed E-state index contributed by atoms with van der Waals surface area (Å²) in [5, 5.41) is 9.54. The van der Waals surface area contributed by atoms with Crippen molar-refractivity contribution in [1.82, 2.24) is 20.8 Å². The predicted molar refractivity (Wildman–Crippen MR) is 93.3 cm³/mol. The van der Waals surface area contributed by atoms with E-state index in [0.717, 1.165) is 10.6 Å². The number of furan rings is 1.